The maximum Gasteiger partial charge on any atom is 0.153 e. The summed E-state index contributed by atoms with van der Waals surface area (Å²) in [5.41, 5.74) is 0.798. The van der Waals surface area contributed by atoms with Crippen molar-refractivity contribution in [2.75, 3.05) is 27.0 Å². The van der Waals surface area contributed by atoms with Gasteiger partial charge in [0.2, 0.25) is 0 Å². The van der Waals surface area contributed by atoms with Crippen LogP contribution in [0.15, 0.2) is 28.7 Å². The van der Waals surface area contributed by atoms with Gasteiger partial charge in [0, 0.05) is 18.2 Å². The van der Waals surface area contributed by atoms with Crippen molar-refractivity contribution in [1.82, 2.24) is 4.90 Å². The number of methoxy groups -OCH3 is 1. The van der Waals surface area contributed by atoms with Crippen molar-refractivity contribution in [3.8, 4) is 5.75 Å². The number of nitrogens with zero attached hydrogens (tertiary/aromatic N) is 1. The van der Waals surface area contributed by atoms with Gasteiger partial charge in [-0.05, 0) is 45.2 Å². The van der Waals surface area contributed by atoms with Gasteiger partial charge in [-0.25, -0.2) is 8.42 Å². The van der Waals surface area contributed by atoms with Gasteiger partial charge in [0.15, 0.2) is 9.84 Å². The average Bonchev–Trinajstić information content (AvgIpc) is 2.77. The molecule has 122 valence electrons. The Morgan fingerprint density at radius 2 is 1.95 bits per heavy atom. The number of furan rings is 1. The van der Waals surface area contributed by atoms with Gasteiger partial charge < -0.3 is 9.15 Å². The smallest absolute Gasteiger partial charge is 0.153 e. The Hall–Kier alpha value is -1.53. The monoisotopic (exact) mass is 325 g/mol. The van der Waals surface area contributed by atoms with E-state index < -0.39 is 14.6 Å². The summed E-state index contributed by atoms with van der Waals surface area (Å²) in [5, 5.41) is 0.977. The maximum atomic E-state index is 11.8. The van der Waals surface area contributed by atoms with Crippen LogP contribution in [0.1, 0.15) is 19.6 Å². The molecule has 0 unspecified atom stereocenters. The fourth-order valence-corrected chi connectivity index (χ4v) is 2.83. The highest BCUT2D eigenvalue weighted by Crippen LogP contribution is 2.25. The number of rotatable bonds is 6. The fraction of sp³-hybridized carbons (Fsp3) is 0.500. The molecule has 1 aromatic heterocycles. The van der Waals surface area contributed by atoms with Gasteiger partial charge in [-0.1, -0.05) is 0 Å². The molecule has 0 radical (unpaired) electrons. The molecule has 0 spiro atoms. The van der Waals surface area contributed by atoms with Gasteiger partial charge in [-0.15, -0.1) is 0 Å². The molecule has 22 heavy (non-hydrogen) atoms. The third kappa shape index (κ3) is 3.62. The van der Waals surface area contributed by atoms with E-state index in [9.17, 15) is 8.42 Å². The predicted molar refractivity (Wildman–Crippen MR) is 88.0 cm³/mol. The second-order valence-corrected chi connectivity index (χ2v) is 8.97. The minimum atomic E-state index is -3.11. The maximum absolute atomic E-state index is 11.8. The van der Waals surface area contributed by atoms with Crippen LogP contribution in [0, 0.1) is 0 Å². The summed E-state index contributed by atoms with van der Waals surface area (Å²) in [6.07, 6.45) is 1.27. The predicted octanol–water partition coefficient (Wildman–Crippen LogP) is 2.70. The molecule has 0 saturated heterocycles. The van der Waals surface area contributed by atoms with Crippen LogP contribution in [-0.2, 0) is 16.4 Å². The van der Waals surface area contributed by atoms with Gasteiger partial charge in [-0.2, -0.15) is 0 Å². The molecular weight excluding hydrogens is 302 g/mol. The lowest BCUT2D eigenvalue weighted by Gasteiger charge is -2.28. The van der Waals surface area contributed by atoms with Crippen LogP contribution >= 0.6 is 0 Å². The Morgan fingerprint density at radius 1 is 1.27 bits per heavy atom. The Labute approximate surface area is 131 Å². The van der Waals surface area contributed by atoms with E-state index in [0.717, 1.165) is 22.5 Å². The lowest BCUT2D eigenvalue weighted by Crippen LogP contribution is -2.42. The van der Waals surface area contributed by atoms with E-state index in [1.165, 1.54) is 6.26 Å². The summed E-state index contributed by atoms with van der Waals surface area (Å²) in [4.78, 5) is 1.95. The Balaban J connectivity index is 2.13. The first-order valence-corrected chi connectivity index (χ1v) is 8.96. The summed E-state index contributed by atoms with van der Waals surface area (Å²) in [6.45, 7) is 4.47. The normalized spacial score (nSPS) is 13.0. The van der Waals surface area contributed by atoms with E-state index in [1.54, 1.807) is 21.0 Å². The fourth-order valence-electron chi connectivity index (χ4n) is 2.37. The molecule has 0 bridgehead atoms. The molecule has 0 aliphatic rings. The van der Waals surface area contributed by atoms with Crippen molar-refractivity contribution < 1.29 is 17.6 Å². The molecule has 6 heteroatoms. The van der Waals surface area contributed by atoms with Crippen molar-refractivity contribution in [2.45, 2.75) is 25.1 Å². The molecule has 0 fully saturated rings. The van der Waals surface area contributed by atoms with Crippen LogP contribution in [0.3, 0.4) is 0 Å². The number of hydrogen-bond acceptors (Lipinski definition) is 5. The summed E-state index contributed by atoms with van der Waals surface area (Å²) in [7, 11) is 0.406. The molecule has 1 aromatic carbocycles. The van der Waals surface area contributed by atoms with E-state index in [2.05, 4.69) is 0 Å². The topological polar surface area (TPSA) is 59.8 Å². The Morgan fingerprint density at radius 3 is 2.55 bits per heavy atom. The quantitative estimate of drug-likeness (QED) is 0.817. The van der Waals surface area contributed by atoms with E-state index in [-0.39, 0.29) is 0 Å². The second-order valence-electron chi connectivity index (χ2n) is 6.32. The number of ether oxygens (including phenoxy) is 1. The SMILES string of the molecule is COc1ccc2oc(CN(C)CC(C)(C)S(C)(=O)=O)cc2c1. The summed E-state index contributed by atoms with van der Waals surface area (Å²) < 4.78 is 33.8. The van der Waals surface area contributed by atoms with Gasteiger partial charge in [-0.3, -0.25) is 4.90 Å². The first-order chi connectivity index (χ1) is 10.1. The van der Waals surface area contributed by atoms with Gasteiger partial charge in [0.1, 0.15) is 17.1 Å². The number of hydrogen-bond donors (Lipinski definition) is 0. The molecule has 2 rings (SSSR count). The van der Waals surface area contributed by atoms with E-state index in [0.29, 0.717) is 13.1 Å². The lowest BCUT2D eigenvalue weighted by atomic mass is 10.2. The minimum Gasteiger partial charge on any atom is -0.497 e. The van der Waals surface area contributed by atoms with Crippen LogP contribution < -0.4 is 4.74 Å². The van der Waals surface area contributed by atoms with Crippen LogP contribution in [0.4, 0.5) is 0 Å². The summed E-state index contributed by atoms with van der Waals surface area (Å²) >= 11 is 0. The van der Waals surface area contributed by atoms with Gasteiger partial charge >= 0.3 is 0 Å². The van der Waals surface area contributed by atoms with Crippen molar-refractivity contribution in [1.29, 1.82) is 0 Å². The molecule has 5 nitrogen and oxygen atoms in total. The Bertz CT molecular complexity index is 762. The van der Waals surface area contributed by atoms with Crippen LogP contribution in [0.5, 0.6) is 5.75 Å². The molecule has 0 aliphatic carbocycles. The minimum absolute atomic E-state index is 0.437. The number of sulfone groups is 1. The molecule has 2 aromatic rings. The van der Waals surface area contributed by atoms with Crippen molar-refractivity contribution in [3.05, 3.63) is 30.0 Å². The van der Waals surface area contributed by atoms with E-state index in [1.807, 2.05) is 36.2 Å². The molecule has 1 heterocycles. The summed E-state index contributed by atoms with van der Waals surface area (Å²) in [6, 6.07) is 7.61. The second kappa shape index (κ2) is 5.93. The van der Waals surface area contributed by atoms with E-state index >= 15 is 0 Å². The van der Waals surface area contributed by atoms with E-state index in [4.69, 9.17) is 9.15 Å². The lowest BCUT2D eigenvalue weighted by molar-refractivity contribution is 0.275. The molecule has 0 saturated carbocycles. The third-order valence-electron chi connectivity index (χ3n) is 3.85. The molecule has 0 aliphatic heterocycles. The van der Waals surface area contributed by atoms with Crippen molar-refractivity contribution in [3.63, 3.8) is 0 Å². The molecule has 0 amide bonds. The standard InChI is InChI=1S/C16H23NO4S/c1-16(2,22(5,18)19)11-17(3)10-14-9-12-8-13(20-4)6-7-15(12)21-14/h6-9H,10-11H2,1-5H3. The zero-order chi connectivity index (χ0) is 16.5. The van der Waals surface area contributed by atoms with Crippen LogP contribution in [0.25, 0.3) is 11.0 Å². The third-order valence-corrected chi connectivity index (χ3v) is 5.99. The molecule has 0 N–H and O–H groups in total. The van der Waals surface area contributed by atoms with Gasteiger partial charge in [0.05, 0.1) is 18.4 Å². The number of fused-ring (bicyclic) bond motifs is 1. The van der Waals surface area contributed by atoms with Crippen molar-refractivity contribution in [2.24, 2.45) is 0 Å². The van der Waals surface area contributed by atoms with Crippen LogP contribution in [0.2, 0.25) is 0 Å². The highest BCUT2D eigenvalue weighted by Gasteiger charge is 2.31. The zero-order valence-corrected chi connectivity index (χ0v) is 14.5. The highest BCUT2D eigenvalue weighted by atomic mass is 32.2. The average molecular weight is 325 g/mol. The van der Waals surface area contributed by atoms with Crippen LogP contribution in [-0.4, -0.2) is 45.0 Å². The largest absolute Gasteiger partial charge is 0.497 e. The first kappa shape index (κ1) is 16.8. The zero-order valence-electron chi connectivity index (χ0n) is 13.7. The molecule has 0 atom stereocenters. The summed E-state index contributed by atoms with van der Waals surface area (Å²) in [5.74, 6) is 1.58. The van der Waals surface area contributed by atoms with Crippen molar-refractivity contribution >= 4 is 20.8 Å². The van der Waals surface area contributed by atoms with Gasteiger partial charge in [0.25, 0.3) is 0 Å². The number of benzene rings is 1. The Kier molecular flexibility index (Phi) is 4.54. The molecular formula is C16H23NO4S. The first-order valence-electron chi connectivity index (χ1n) is 7.07. The highest BCUT2D eigenvalue weighted by molar-refractivity contribution is 7.92.